The van der Waals surface area contributed by atoms with Crippen LogP contribution in [0.25, 0.3) is 0 Å². The zero-order chi connectivity index (χ0) is 13.7. The first kappa shape index (κ1) is 14.8. The van der Waals surface area contributed by atoms with Crippen molar-refractivity contribution >= 4 is 5.91 Å². The zero-order valence-corrected chi connectivity index (χ0v) is 11.8. The number of ether oxygens (including phenoxy) is 1. The maximum Gasteiger partial charge on any atom is 0.221 e. The molecular weight excluding hydrogens is 244 g/mol. The van der Waals surface area contributed by atoms with Crippen molar-refractivity contribution in [3.63, 3.8) is 0 Å². The lowest BCUT2D eigenvalue weighted by Gasteiger charge is -2.35. The van der Waals surface area contributed by atoms with E-state index in [1.165, 1.54) is 0 Å². The van der Waals surface area contributed by atoms with Crippen molar-refractivity contribution in [2.24, 2.45) is 5.92 Å². The first-order chi connectivity index (χ1) is 9.07. The van der Waals surface area contributed by atoms with Gasteiger partial charge in [0.25, 0.3) is 0 Å². The fourth-order valence-corrected chi connectivity index (χ4v) is 2.79. The number of nitrogens with one attached hydrogen (secondary N) is 2. The highest BCUT2D eigenvalue weighted by atomic mass is 16.5. The van der Waals surface area contributed by atoms with Crippen LogP contribution in [-0.4, -0.2) is 49.0 Å². The monoisotopic (exact) mass is 270 g/mol. The van der Waals surface area contributed by atoms with Crippen molar-refractivity contribution in [1.29, 1.82) is 0 Å². The molecule has 1 saturated heterocycles. The van der Waals surface area contributed by atoms with E-state index in [9.17, 15) is 9.90 Å². The van der Waals surface area contributed by atoms with Gasteiger partial charge in [0, 0.05) is 25.6 Å². The van der Waals surface area contributed by atoms with Gasteiger partial charge >= 0.3 is 0 Å². The Bertz CT molecular complexity index is 295. The molecule has 110 valence electrons. The molecule has 0 radical (unpaired) electrons. The van der Waals surface area contributed by atoms with Gasteiger partial charge in [-0.3, -0.25) is 4.79 Å². The molecule has 1 aliphatic heterocycles. The van der Waals surface area contributed by atoms with E-state index in [4.69, 9.17) is 4.74 Å². The molecule has 0 bridgehead atoms. The fraction of sp³-hybridized carbons (Fsp3) is 0.929. The average Bonchev–Trinajstić information content (AvgIpc) is 2.42. The molecule has 19 heavy (non-hydrogen) atoms. The van der Waals surface area contributed by atoms with Crippen LogP contribution in [0.15, 0.2) is 0 Å². The number of morpholine rings is 1. The Hall–Kier alpha value is -0.650. The zero-order valence-electron chi connectivity index (χ0n) is 11.8. The molecule has 0 aromatic carbocycles. The van der Waals surface area contributed by atoms with Crippen LogP contribution in [-0.2, 0) is 9.53 Å². The number of hydrogen-bond acceptors (Lipinski definition) is 4. The second-order valence-electron chi connectivity index (χ2n) is 6.11. The molecule has 0 aromatic heterocycles. The maximum absolute atomic E-state index is 11.8. The van der Waals surface area contributed by atoms with Crippen LogP contribution in [0.2, 0.25) is 0 Å². The van der Waals surface area contributed by atoms with Gasteiger partial charge in [-0.2, -0.15) is 0 Å². The molecule has 2 fully saturated rings. The number of rotatable bonds is 4. The molecule has 5 heteroatoms. The predicted molar refractivity (Wildman–Crippen MR) is 72.8 cm³/mol. The van der Waals surface area contributed by atoms with E-state index in [1.807, 2.05) is 0 Å². The van der Waals surface area contributed by atoms with Gasteiger partial charge in [-0.25, -0.2) is 0 Å². The Labute approximate surface area is 115 Å². The Morgan fingerprint density at radius 2 is 2.21 bits per heavy atom. The maximum atomic E-state index is 11.8. The minimum Gasteiger partial charge on any atom is -0.388 e. The summed E-state index contributed by atoms with van der Waals surface area (Å²) in [5.74, 6) is 0.689. The summed E-state index contributed by atoms with van der Waals surface area (Å²) in [6.07, 6.45) is 4.10. The molecule has 3 N–H and O–H groups in total. The smallest absolute Gasteiger partial charge is 0.221 e. The third kappa shape index (κ3) is 4.75. The number of amides is 1. The first-order valence-electron chi connectivity index (χ1n) is 7.38. The minimum absolute atomic E-state index is 0.00459. The van der Waals surface area contributed by atoms with Crippen LogP contribution in [0.3, 0.4) is 0 Å². The molecule has 2 aliphatic rings. The van der Waals surface area contributed by atoms with Gasteiger partial charge in [0.1, 0.15) is 0 Å². The van der Waals surface area contributed by atoms with Gasteiger partial charge in [-0.05, 0) is 31.6 Å². The predicted octanol–water partition coefficient (Wildman–Crippen LogP) is 0.422. The van der Waals surface area contributed by atoms with E-state index < -0.39 is 5.60 Å². The van der Waals surface area contributed by atoms with Gasteiger partial charge in [0.2, 0.25) is 5.91 Å². The molecule has 0 spiro atoms. The fourth-order valence-electron chi connectivity index (χ4n) is 2.79. The normalized spacial score (nSPS) is 35.9. The van der Waals surface area contributed by atoms with Gasteiger partial charge < -0.3 is 20.5 Å². The van der Waals surface area contributed by atoms with Crippen molar-refractivity contribution < 1.29 is 14.6 Å². The van der Waals surface area contributed by atoms with Crippen LogP contribution in [0.4, 0.5) is 0 Å². The average molecular weight is 270 g/mol. The molecule has 0 aromatic rings. The summed E-state index contributed by atoms with van der Waals surface area (Å²) in [5, 5.41) is 16.5. The lowest BCUT2D eigenvalue weighted by atomic mass is 9.79. The highest BCUT2D eigenvalue weighted by Crippen LogP contribution is 2.31. The van der Waals surface area contributed by atoms with Crippen LogP contribution < -0.4 is 10.6 Å². The summed E-state index contributed by atoms with van der Waals surface area (Å²) in [6.45, 7) is 4.71. The van der Waals surface area contributed by atoms with E-state index in [0.29, 0.717) is 25.5 Å². The molecule has 1 saturated carbocycles. The van der Waals surface area contributed by atoms with E-state index in [1.54, 1.807) is 0 Å². The topological polar surface area (TPSA) is 70.6 Å². The lowest BCUT2D eigenvalue weighted by Crippen LogP contribution is -2.48. The largest absolute Gasteiger partial charge is 0.388 e. The molecule has 1 aliphatic carbocycles. The number of carbonyl (C=O) groups is 1. The second-order valence-corrected chi connectivity index (χ2v) is 6.11. The van der Waals surface area contributed by atoms with E-state index in [-0.39, 0.29) is 11.9 Å². The van der Waals surface area contributed by atoms with Gasteiger partial charge in [0.15, 0.2) is 0 Å². The van der Waals surface area contributed by atoms with Gasteiger partial charge in [-0.1, -0.05) is 6.92 Å². The van der Waals surface area contributed by atoms with Crippen molar-refractivity contribution in [2.75, 3.05) is 26.3 Å². The third-order valence-corrected chi connectivity index (χ3v) is 4.25. The first-order valence-corrected chi connectivity index (χ1v) is 7.38. The summed E-state index contributed by atoms with van der Waals surface area (Å²) in [4.78, 5) is 11.8. The Morgan fingerprint density at radius 3 is 2.84 bits per heavy atom. The van der Waals surface area contributed by atoms with E-state index in [0.717, 1.165) is 38.8 Å². The van der Waals surface area contributed by atoms with Crippen LogP contribution in [0, 0.1) is 5.92 Å². The summed E-state index contributed by atoms with van der Waals surface area (Å²) >= 11 is 0. The Balaban J connectivity index is 1.67. The van der Waals surface area contributed by atoms with Crippen LogP contribution >= 0.6 is 0 Å². The summed E-state index contributed by atoms with van der Waals surface area (Å²) in [5.41, 5.74) is -0.696. The standard InChI is InChI=1S/C14H26N2O3/c1-11-2-4-14(18,5-3-11)10-16-13(17)8-12-9-19-7-6-15-12/h11-12,15,18H,2-10H2,1H3,(H,16,17). The second kappa shape index (κ2) is 6.68. The lowest BCUT2D eigenvalue weighted by molar-refractivity contribution is -0.124. The van der Waals surface area contributed by atoms with Crippen molar-refractivity contribution in [1.82, 2.24) is 10.6 Å². The molecule has 1 unspecified atom stereocenters. The van der Waals surface area contributed by atoms with Crippen molar-refractivity contribution in [2.45, 2.75) is 50.7 Å². The molecule has 1 amide bonds. The third-order valence-electron chi connectivity index (χ3n) is 4.25. The Morgan fingerprint density at radius 1 is 1.47 bits per heavy atom. The summed E-state index contributed by atoms with van der Waals surface area (Å²) < 4.78 is 5.32. The molecule has 5 nitrogen and oxygen atoms in total. The minimum atomic E-state index is -0.696. The van der Waals surface area contributed by atoms with Gasteiger partial charge in [0.05, 0.1) is 18.8 Å². The summed E-state index contributed by atoms with van der Waals surface area (Å²) in [7, 11) is 0. The van der Waals surface area contributed by atoms with Crippen LogP contribution in [0.1, 0.15) is 39.0 Å². The van der Waals surface area contributed by atoms with Crippen molar-refractivity contribution in [3.8, 4) is 0 Å². The summed E-state index contributed by atoms with van der Waals surface area (Å²) in [6, 6.07) is 0.106. The molecule has 2 rings (SSSR count). The number of carbonyl (C=O) groups excluding carboxylic acids is 1. The van der Waals surface area contributed by atoms with Gasteiger partial charge in [-0.15, -0.1) is 0 Å². The van der Waals surface area contributed by atoms with E-state index >= 15 is 0 Å². The quantitative estimate of drug-likeness (QED) is 0.692. The number of hydrogen-bond donors (Lipinski definition) is 3. The van der Waals surface area contributed by atoms with Crippen molar-refractivity contribution in [3.05, 3.63) is 0 Å². The highest BCUT2D eigenvalue weighted by Gasteiger charge is 2.32. The Kier molecular flexibility index (Phi) is 5.19. The highest BCUT2D eigenvalue weighted by molar-refractivity contribution is 5.76. The molecule has 1 heterocycles. The molecular formula is C14H26N2O3. The van der Waals surface area contributed by atoms with Crippen LogP contribution in [0.5, 0.6) is 0 Å². The molecule has 1 atom stereocenters. The number of aliphatic hydroxyl groups is 1. The van der Waals surface area contributed by atoms with E-state index in [2.05, 4.69) is 17.6 Å². The SMILES string of the molecule is CC1CCC(O)(CNC(=O)CC2COCCN2)CC1.